The van der Waals surface area contributed by atoms with Crippen molar-refractivity contribution in [2.45, 2.75) is 18.6 Å². The summed E-state index contributed by atoms with van der Waals surface area (Å²) in [5.74, 6) is 0.328. The van der Waals surface area contributed by atoms with E-state index < -0.39 is 0 Å². The fourth-order valence-corrected chi connectivity index (χ4v) is 3.81. The first-order valence-electron chi connectivity index (χ1n) is 8.01. The molecule has 0 unspecified atom stereocenters. The first kappa shape index (κ1) is 15.1. The number of aliphatic imine (C=N–C) groups is 1. The van der Waals surface area contributed by atoms with Crippen LogP contribution in [0, 0.1) is 0 Å². The SMILES string of the molecule is Oc1ccccc1[C@H]1CC(c2ccccc2)=N[C@@H](c2cccs2)N1. The van der Waals surface area contributed by atoms with Gasteiger partial charge in [0.15, 0.2) is 0 Å². The molecule has 0 amide bonds. The zero-order chi connectivity index (χ0) is 16.4. The Morgan fingerprint density at radius 1 is 0.958 bits per heavy atom. The number of rotatable bonds is 3. The van der Waals surface area contributed by atoms with E-state index >= 15 is 0 Å². The zero-order valence-corrected chi connectivity index (χ0v) is 13.9. The van der Waals surface area contributed by atoms with Crippen molar-refractivity contribution >= 4 is 17.0 Å². The van der Waals surface area contributed by atoms with Crippen LogP contribution in [0.3, 0.4) is 0 Å². The molecule has 3 aromatic rings. The van der Waals surface area contributed by atoms with E-state index in [9.17, 15) is 5.11 Å². The first-order valence-corrected chi connectivity index (χ1v) is 8.88. The smallest absolute Gasteiger partial charge is 0.135 e. The molecule has 2 aromatic carbocycles. The van der Waals surface area contributed by atoms with E-state index in [2.05, 4.69) is 28.9 Å². The molecule has 0 aliphatic carbocycles. The van der Waals surface area contributed by atoms with Gasteiger partial charge in [-0.15, -0.1) is 11.3 Å². The molecule has 0 fully saturated rings. The van der Waals surface area contributed by atoms with Crippen molar-refractivity contribution in [3.63, 3.8) is 0 Å². The van der Waals surface area contributed by atoms with E-state index in [0.29, 0.717) is 5.75 Å². The minimum absolute atomic E-state index is 0.0333. The number of aromatic hydroxyl groups is 1. The molecule has 120 valence electrons. The number of para-hydroxylation sites is 1. The Morgan fingerprint density at radius 2 is 1.75 bits per heavy atom. The highest BCUT2D eigenvalue weighted by atomic mass is 32.1. The number of nitrogens with zero attached hydrogens (tertiary/aromatic N) is 1. The van der Waals surface area contributed by atoms with Crippen molar-refractivity contribution in [3.8, 4) is 5.75 Å². The molecule has 2 heterocycles. The second kappa shape index (κ2) is 6.59. The van der Waals surface area contributed by atoms with Crippen molar-refractivity contribution in [3.05, 3.63) is 88.1 Å². The van der Waals surface area contributed by atoms with Crippen LogP contribution in [0.1, 0.15) is 34.6 Å². The number of thiophene rings is 1. The number of nitrogens with one attached hydrogen (secondary N) is 1. The summed E-state index contributed by atoms with van der Waals surface area (Å²) in [7, 11) is 0. The Balaban J connectivity index is 1.74. The molecule has 0 saturated heterocycles. The third-order valence-corrected chi connectivity index (χ3v) is 5.20. The van der Waals surface area contributed by atoms with Crippen molar-refractivity contribution in [1.29, 1.82) is 0 Å². The normalized spacial score (nSPS) is 20.6. The lowest BCUT2D eigenvalue weighted by atomic mass is 9.94. The highest BCUT2D eigenvalue weighted by Crippen LogP contribution is 2.35. The molecule has 1 aliphatic heterocycles. The van der Waals surface area contributed by atoms with Crippen LogP contribution in [-0.2, 0) is 0 Å². The van der Waals surface area contributed by atoms with Gasteiger partial charge in [-0.3, -0.25) is 10.3 Å². The fourth-order valence-electron chi connectivity index (χ4n) is 3.09. The van der Waals surface area contributed by atoms with Crippen molar-refractivity contribution in [2.24, 2.45) is 4.99 Å². The molecule has 2 N–H and O–H groups in total. The van der Waals surface area contributed by atoms with Crippen molar-refractivity contribution in [2.75, 3.05) is 0 Å². The van der Waals surface area contributed by atoms with Gasteiger partial charge >= 0.3 is 0 Å². The number of phenols is 1. The van der Waals surface area contributed by atoms with Gasteiger partial charge < -0.3 is 5.11 Å². The highest BCUT2D eigenvalue weighted by molar-refractivity contribution is 7.10. The molecule has 1 aromatic heterocycles. The standard InChI is InChI=1S/C20H18N2OS/c23-18-10-5-4-9-15(18)17-13-16(14-7-2-1-3-8-14)21-20(22-17)19-11-6-12-24-19/h1-12,17,20,22-23H,13H2/t17-,20-/m1/s1. The van der Waals surface area contributed by atoms with Gasteiger partial charge in [-0.2, -0.15) is 0 Å². The van der Waals surface area contributed by atoms with Gasteiger partial charge in [0.2, 0.25) is 0 Å². The van der Waals surface area contributed by atoms with E-state index in [4.69, 9.17) is 4.99 Å². The van der Waals surface area contributed by atoms with E-state index in [1.165, 1.54) is 4.88 Å². The molecule has 0 saturated carbocycles. The summed E-state index contributed by atoms with van der Waals surface area (Å²) in [5.41, 5.74) is 3.13. The van der Waals surface area contributed by atoms with E-state index in [0.717, 1.165) is 23.3 Å². The molecule has 4 rings (SSSR count). The molecular weight excluding hydrogens is 316 g/mol. The minimum Gasteiger partial charge on any atom is -0.508 e. The number of hydrogen-bond donors (Lipinski definition) is 2. The molecule has 0 radical (unpaired) electrons. The molecular formula is C20H18N2OS. The molecule has 0 bridgehead atoms. The predicted octanol–water partition coefficient (Wildman–Crippen LogP) is 4.68. The molecule has 24 heavy (non-hydrogen) atoms. The lowest BCUT2D eigenvalue weighted by molar-refractivity contribution is 0.415. The fraction of sp³-hybridized carbons (Fsp3) is 0.150. The minimum atomic E-state index is -0.0847. The van der Waals surface area contributed by atoms with Gasteiger partial charge in [0.05, 0.1) is 0 Å². The van der Waals surface area contributed by atoms with Crippen LogP contribution in [-0.4, -0.2) is 10.8 Å². The molecule has 0 spiro atoms. The Hall–Kier alpha value is -2.43. The lowest BCUT2D eigenvalue weighted by Crippen LogP contribution is -2.32. The van der Waals surface area contributed by atoms with Gasteiger partial charge in [0.1, 0.15) is 11.9 Å². The topological polar surface area (TPSA) is 44.6 Å². The van der Waals surface area contributed by atoms with Crippen LogP contribution < -0.4 is 5.32 Å². The van der Waals surface area contributed by atoms with E-state index in [1.54, 1.807) is 17.4 Å². The second-order valence-corrected chi connectivity index (χ2v) is 6.82. The molecule has 2 atom stereocenters. The predicted molar refractivity (Wildman–Crippen MR) is 98.6 cm³/mol. The van der Waals surface area contributed by atoms with Gasteiger partial charge in [0, 0.05) is 28.6 Å². The Kier molecular flexibility index (Phi) is 4.15. The van der Waals surface area contributed by atoms with Crippen LogP contribution in [0.4, 0.5) is 0 Å². The van der Waals surface area contributed by atoms with Gasteiger partial charge in [-0.05, 0) is 23.1 Å². The maximum absolute atomic E-state index is 10.3. The number of phenolic OH excluding ortho intramolecular Hbond substituents is 1. The van der Waals surface area contributed by atoms with Crippen LogP contribution in [0.25, 0.3) is 0 Å². The summed E-state index contributed by atoms with van der Waals surface area (Å²) in [6.07, 6.45) is 0.669. The summed E-state index contributed by atoms with van der Waals surface area (Å²) in [4.78, 5) is 6.12. The Bertz CT molecular complexity index is 843. The highest BCUT2D eigenvalue weighted by Gasteiger charge is 2.27. The quantitative estimate of drug-likeness (QED) is 0.731. The van der Waals surface area contributed by atoms with E-state index in [1.807, 2.05) is 42.5 Å². The van der Waals surface area contributed by atoms with Crippen molar-refractivity contribution < 1.29 is 5.11 Å². The van der Waals surface area contributed by atoms with Gasteiger partial charge in [0.25, 0.3) is 0 Å². The van der Waals surface area contributed by atoms with Crippen LogP contribution in [0.15, 0.2) is 77.1 Å². The Labute approximate surface area is 145 Å². The molecule has 3 nitrogen and oxygen atoms in total. The maximum atomic E-state index is 10.3. The van der Waals surface area contributed by atoms with Crippen molar-refractivity contribution in [1.82, 2.24) is 5.32 Å². The average Bonchev–Trinajstić information content (AvgIpc) is 3.17. The average molecular weight is 334 g/mol. The largest absolute Gasteiger partial charge is 0.508 e. The monoisotopic (exact) mass is 334 g/mol. The summed E-state index contributed by atoms with van der Waals surface area (Å²) >= 11 is 1.70. The summed E-state index contributed by atoms with van der Waals surface area (Å²) in [5, 5.41) is 15.9. The van der Waals surface area contributed by atoms with Crippen LogP contribution >= 0.6 is 11.3 Å². The van der Waals surface area contributed by atoms with Gasteiger partial charge in [-0.1, -0.05) is 54.6 Å². The molecule has 1 aliphatic rings. The lowest BCUT2D eigenvalue weighted by Gasteiger charge is -2.30. The molecule has 4 heteroatoms. The summed E-state index contributed by atoms with van der Waals surface area (Å²) in [6.45, 7) is 0. The summed E-state index contributed by atoms with van der Waals surface area (Å²) in [6, 6.07) is 22.0. The Morgan fingerprint density at radius 3 is 2.50 bits per heavy atom. The van der Waals surface area contributed by atoms with E-state index in [-0.39, 0.29) is 12.2 Å². The first-order chi connectivity index (χ1) is 11.8. The third kappa shape index (κ3) is 2.98. The van der Waals surface area contributed by atoms with Crippen LogP contribution in [0.5, 0.6) is 5.75 Å². The zero-order valence-electron chi connectivity index (χ0n) is 13.1. The maximum Gasteiger partial charge on any atom is 0.135 e. The van der Waals surface area contributed by atoms with Crippen LogP contribution in [0.2, 0.25) is 0 Å². The summed E-state index contributed by atoms with van der Waals surface area (Å²) < 4.78 is 0. The van der Waals surface area contributed by atoms with Gasteiger partial charge in [-0.25, -0.2) is 0 Å². The second-order valence-electron chi connectivity index (χ2n) is 5.84. The number of hydrogen-bond acceptors (Lipinski definition) is 4. The third-order valence-electron chi connectivity index (χ3n) is 4.27. The number of benzene rings is 2.